The van der Waals surface area contributed by atoms with E-state index in [9.17, 15) is 0 Å². The summed E-state index contributed by atoms with van der Waals surface area (Å²) in [5, 5.41) is 0. The summed E-state index contributed by atoms with van der Waals surface area (Å²) in [7, 11) is 0. The standard InChI is InChI=1S/C11H22N2/c1-6-10-11(5,9(3)4)13(7-2)8-12-10/h8-10H,6-7H2,1-5H3/t10?,11-/m0/s1. The van der Waals surface area contributed by atoms with Crippen LogP contribution in [-0.4, -0.2) is 29.4 Å². The van der Waals surface area contributed by atoms with Gasteiger partial charge in [-0.15, -0.1) is 0 Å². The molecule has 0 aliphatic carbocycles. The van der Waals surface area contributed by atoms with Crippen molar-refractivity contribution in [2.75, 3.05) is 6.54 Å². The number of hydrogen-bond acceptors (Lipinski definition) is 2. The highest BCUT2D eigenvalue weighted by Crippen LogP contribution is 2.34. The average molecular weight is 182 g/mol. The van der Waals surface area contributed by atoms with E-state index in [-0.39, 0.29) is 5.54 Å². The molecular formula is C11H22N2. The molecule has 0 bridgehead atoms. The molecule has 2 heteroatoms. The maximum Gasteiger partial charge on any atom is 0.0859 e. The predicted octanol–water partition coefficient (Wildman–Crippen LogP) is 2.54. The summed E-state index contributed by atoms with van der Waals surface area (Å²) >= 11 is 0. The van der Waals surface area contributed by atoms with Crippen LogP contribution in [0.25, 0.3) is 0 Å². The van der Waals surface area contributed by atoms with Crippen LogP contribution in [-0.2, 0) is 0 Å². The number of aliphatic imine (C=N–C) groups is 1. The Morgan fingerprint density at radius 3 is 2.46 bits per heavy atom. The fraction of sp³-hybridized carbons (Fsp3) is 0.909. The first kappa shape index (κ1) is 10.6. The van der Waals surface area contributed by atoms with Crippen LogP contribution in [0.1, 0.15) is 41.0 Å². The first-order valence-corrected chi connectivity index (χ1v) is 5.37. The van der Waals surface area contributed by atoms with Crippen molar-refractivity contribution in [1.82, 2.24) is 4.90 Å². The monoisotopic (exact) mass is 182 g/mol. The lowest BCUT2D eigenvalue weighted by Gasteiger charge is -2.42. The molecule has 76 valence electrons. The topological polar surface area (TPSA) is 15.6 Å². The number of likely N-dealkylation sites (N-methyl/N-ethyl adjacent to an activating group) is 1. The van der Waals surface area contributed by atoms with Crippen LogP contribution in [0.4, 0.5) is 0 Å². The molecule has 0 aromatic heterocycles. The minimum absolute atomic E-state index is 0.240. The van der Waals surface area contributed by atoms with Gasteiger partial charge in [0.25, 0.3) is 0 Å². The molecule has 0 saturated heterocycles. The van der Waals surface area contributed by atoms with Gasteiger partial charge in [-0.3, -0.25) is 4.99 Å². The van der Waals surface area contributed by atoms with Crippen molar-refractivity contribution in [1.29, 1.82) is 0 Å². The van der Waals surface area contributed by atoms with E-state index < -0.39 is 0 Å². The summed E-state index contributed by atoms with van der Waals surface area (Å²) in [5.74, 6) is 0.653. The Morgan fingerprint density at radius 2 is 2.08 bits per heavy atom. The van der Waals surface area contributed by atoms with Crippen molar-refractivity contribution in [3.05, 3.63) is 0 Å². The van der Waals surface area contributed by atoms with E-state index in [2.05, 4.69) is 44.5 Å². The van der Waals surface area contributed by atoms with Crippen molar-refractivity contribution in [2.45, 2.75) is 52.6 Å². The second-order valence-corrected chi connectivity index (χ2v) is 4.36. The molecule has 0 aromatic rings. The molecule has 0 amide bonds. The van der Waals surface area contributed by atoms with Gasteiger partial charge >= 0.3 is 0 Å². The Labute approximate surface area is 82.0 Å². The van der Waals surface area contributed by atoms with Crippen LogP contribution >= 0.6 is 0 Å². The van der Waals surface area contributed by atoms with E-state index in [0.29, 0.717) is 12.0 Å². The molecule has 0 saturated carbocycles. The van der Waals surface area contributed by atoms with E-state index in [1.165, 1.54) is 0 Å². The van der Waals surface area contributed by atoms with Gasteiger partial charge in [-0.1, -0.05) is 20.8 Å². The molecule has 0 fully saturated rings. The van der Waals surface area contributed by atoms with Crippen LogP contribution in [0.2, 0.25) is 0 Å². The maximum absolute atomic E-state index is 4.58. The predicted molar refractivity (Wildman–Crippen MR) is 58.2 cm³/mol. The molecule has 2 nitrogen and oxygen atoms in total. The summed E-state index contributed by atoms with van der Waals surface area (Å²) in [6.45, 7) is 12.4. The van der Waals surface area contributed by atoms with E-state index in [4.69, 9.17) is 0 Å². The van der Waals surface area contributed by atoms with Crippen LogP contribution in [0.5, 0.6) is 0 Å². The number of hydrogen-bond donors (Lipinski definition) is 0. The quantitative estimate of drug-likeness (QED) is 0.655. The lowest BCUT2D eigenvalue weighted by atomic mass is 9.80. The third-order valence-electron chi connectivity index (χ3n) is 3.58. The Hall–Kier alpha value is -0.530. The zero-order valence-electron chi connectivity index (χ0n) is 9.54. The molecule has 0 radical (unpaired) electrons. The first-order chi connectivity index (χ1) is 6.07. The van der Waals surface area contributed by atoms with Gasteiger partial charge in [-0.2, -0.15) is 0 Å². The molecule has 0 N–H and O–H groups in total. The van der Waals surface area contributed by atoms with Crippen molar-refractivity contribution in [3.63, 3.8) is 0 Å². The fourth-order valence-electron chi connectivity index (χ4n) is 2.29. The number of rotatable bonds is 3. The molecule has 1 aliphatic heterocycles. The van der Waals surface area contributed by atoms with Gasteiger partial charge in [0, 0.05) is 6.54 Å². The summed E-state index contributed by atoms with van der Waals surface area (Å²) in [4.78, 5) is 6.96. The highest BCUT2D eigenvalue weighted by molar-refractivity contribution is 5.60. The summed E-state index contributed by atoms with van der Waals surface area (Å²) in [6, 6.07) is 0.479. The lowest BCUT2D eigenvalue weighted by molar-refractivity contribution is 0.130. The van der Waals surface area contributed by atoms with Gasteiger partial charge in [0.05, 0.1) is 17.9 Å². The third-order valence-corrected chi connectivity index (χ3v) is 3.58. The molecular weight excluding hydrogens is 160 g/mol. The molecule has 1 heterocycles. The molecule has 0 spiro atoms. The van der Waals surface area contributed by atoms with Gasteiger partial charge in [0.2, 0.25) is 0 Å². The van der Waals surface area contributed by atoms with Gasteiger partial charge in [-0.05, 0) is 26.2 Å². The number of nitrogens with zero attached hydrogens (tertiary/aromatic N) is 2. The molecule has 0 aromatic carbocycles. The zero-order chi connectivity index (χ0) is 10.1. The Bertz CT molecular complexity index is 182. The van der Waals surface area contributed by atoms with Gasteiger partial charge in [0.15, 0.2) is 0 Å². The Kier molecular flexibility index (Phi) is 2.99. The maximum atomic E-state index is 4.58. The Balaban J connectivity index is 2.88. The van der Waals surface area contributed by atoms with Gasteiger partial charge in [-0.25, -0.2) is 0 Å². The van der Waals surface area contributed by atoms with Crippen LogP contribution in [0, 0.1) is 5.92 Å². The normalized spacial score (nSPS) is 33.4. The summed E-state index contributed by atoms with van der Waals surface area (Å²) in [5.41, 5.74) is 0.240. The second kappa shape index (κ2) is 3.69. The van der Waals surface area contributed by atoms with E-state index in [1.807, 2.05) is 6.34 Å². The van der Waals surface area contributed by atoms with Crippen molar-refractivity contribution < 1.29 is 0 Å². The fourth-order valence-corrected chi connectivity index (χ4v) is 2.29. The smallest absolute Gasteiger partial charge is 0.0859 e. The minimum atomic E-state index is 0.240. The third kappa shape index (κ3) is 1.47. The van der Waals surface area contributed by atoms with Gasteiger partial charge < -0.3 is 4.90 Å². The van der Waals surface area contributed by atoms with E-state index >= 15 is 0 Å². The van der Waals surface area contributed by atoms with Crippen molar-refractivity contribution in [3.8, 4) is 0 Å². The van der Waals surface area contributed by atoms with Crippen molar-refractivity contribution >= 4 is 6.34 Å². The molecule has 2 atom stereocenters. The highest BCUT2D eigenvalue weighted by atomic mass is 15.3. The highest BCUT2D eigenvalue weighted by Gasteiger charge is 2.43. The SMILES string of the molecule is CCC1N=CN(CC)[C@@]1(C)C(C)C. The average Bonchev–Trinajstić information content (AvgIpc) is 2.43. The van der Waals surface area contributed by atoms with Crippen LogP contribution < -0.4 is 0 Å². The van der Waals surface area contributed by atoms with E-state index in [0.717, 1.165) is 13.0 Å². The molecule has 13 heavy (non-hydrogen) atoms. The van der Waals surface area contributed by atoms with Crippen LogP contribution in [0.15, 0.2) is 4.99 Å². The first-order valence-electron chi connectivity index (χ1n) is 5.37. The van der Waals surface area contributed by atoms with Crippen molar-refractivity contribution in [2.24, 2.45) is 10.9 Å². The summed E-state index contributed by atoms with van der Waals surface area (Å²) in [6.07, 6.45) is 3.18. The largest absolute Gasteiger partial charge is 0.355 e. The zero-order valence-corrected chi connectivity index (χ0v) is 9.54. The Morgan fingerprint density at radius 1 is 1.46 bits per heavy atom. The minimum Gasteiger partial charge on any atom is -0.355 e. The van der Waals surface area contributed by atoms with Gasteiger partial charge in [0.1, 0.15) is 0 Å². The molecule has 1 unspecified atom stereocenters. The van der Waals surface area contributed by atoms with Crippen LogP contribution in [0.3, 0.4) is 0 Å². The summed E-state index contributed by atoms with van der Waals surface area (Å²) < 4.78 is 0. The molecule has 1 rings (SSSR count). The van der Waals surface area contributed by atoms with E-state index in [1.54, 1.807) is 0 Å². The lowest BCUT2D eigenvalue weighted by Crippen LogP contribution is -2.52. The molecule has 1 aliphatic rings. The second-order valence-electron chi connectivity index (χ2n) is 4.36.